The highest BCUT2D eigenvalue weighted by Gasteiger charge is 2.23. The smallest absolute Gasteiger partial charge is 0.0988 e. The predicted molar refractivity (Wildman–Crippen MR) is 128 cm³/mol. The summed E-state index contributed by atoms with van der Waals surface area (Å²) in [4.78, 5) is 8.22. The molecule has 1 aliphatic rings. The number of aromatic nitrogens is 3. The molecule has 0 spiro atoms. The normalized spacial score (nSPS) is 15.6. The van der Waals surface area contributed by atoms with Crippen LogP contribution in [0.2, 0.25) is 0 Å². The van der Waals surface area contributed by atoms with Crippen molar-refractivity contribution in [1.29, 1.82) is 0 Å². The second kappa shape index (κ2) is 10.2. The Labute approximate surface area is 192 Å². The SMILES string of the molecule is c1ccc(-n2cc(CNC[C@@H](c3cccs3)N3CCOCC3)c(-c3cccnc3)n2)cc1. The Kier molecular flexibility index (Phi) is 6.69. The molecule has 164 valence electrons. The first-order valence-corrected chi connectivity index (χ1v) is 11.9. The highest BCUT2D eigenvalue weighted by Crippen LogP contribution is 2.27. The summed E-state index contributed by atoms with van der Waals surface area (Å²) in [6.07, 6.45) is 5.80. The van der Waals surface area contributed by atoms with Crippen molar-refractivity contribution in [2.45, 2.75) is 12.6 Å². The van der Waals surface area contributed by atoms with Crippen LogP contribution in [0.4, 0.5) is 0 Å². The lowest BCUT2D eigenvalue weighted by molar-refractivity contribution is 0.0168. The molecule has 1 saturated heterocycles. The van der Waals surface area contributed by atoms with Crippen molar-refractivity contribution in [2.24, 2.45) is 0 Å². The van der Waals surface area contributed by atoms with Gasteiger partial charge in [0.25, 0.3) is 0 Å². The van der Waals surface area contributed by atoms with E-state index in [1.165, 1.54) is 4.88 Å². The molecular formula is C25H27N5OS. The van der Waals surface area contributed by atoms with E-state index in [1.807, 2.05) is 46.5 Å². The molecule has 0 radical (unpaired) electrons. The summed E-state index contributed by atoms with van der Waals surface area (Å²) in [6, 6.07) is 19.0. The van der Waals surface area contributed by atoms with Gasteiger partial charge in [0, 0.05) is 60.8 Å². The molecule has 4 aromatic rings. The molecule has 1 atom stereocenters. The Bertz CT molecular complexity index is 1090. The fourth-order valence-corrected chi connectivity index (χ4v) is 4.98. The van der Waals surface area contributed by atoms with Crippen LogP contribution in [0.5, 0.6) is 0 Å². The van der Waals surface area contributed by atoms with Crippen LogP contribution in [0, 0.1) is 0 Å². The number of nitrogens with zero attached hydrogens (tertiary/aromatic N) is 4. The van der Waals surface area contributed by atoms with Gasteiger partial charge >= 0.3 is 0 Å². The van der Waals surface area contributed by atoms with E-state index in [0.29, 0.717) is 6.04 Å². The van der Waals surface area contributed by atoms with Crippen LogP contribution in [0.15, 0.2) is 78.6 Å². The maximum atomic E-state index is 5.57. The standard InChI is InChI=1S/C25H27N5OS/c1-2-7-22(8-3-1)30-19-21(25(28-30)20-6-4-10-26-16-20)17-27-18-23(24-9-5-15-32-24)29-11-13-31-14-12-29/h1-10,15-16,19,23,27H,11-14,17-18H2/t23-/m0/s1. The minimum absolute atomic E-state index is 0.352. The summed E-state index contributed by atoms with van der Waals surface area (Å²) in [7, 11) is 0. The number of benzene rings is 1. The van der Waals surface area contributed by atoms with Crippen LogP contribution in [0.3, 0.4) is 0 Å². The molecule has 4 heterocycles. The largest absolute Gasteiger partial charge is 0.379 e. The first-order valence-electron chi connectivity index (χ1n) is 11.0. The second-order valence-corrected chi connectivity index (χ2v) is 8.81. The summed E-state index contributed by atoms with van der Waals surface area (Å²) < 4.78 is 7.53. The molecule has 7 heteroatoms. The van der Waals surface area contributed by atoms with Gasteiger partial charge in [-0.05, 0) is 35.7 Å². The van der Waals surface area contributed by atoms with E-state index in [4.69, 9.17) is 9.84 Å². The lowest BCUT2D eigenvalue weighted by Crippen LogP contribution is -2.42. The Morgan fingerprint density at radius 3 is 2.66 bits per heavy atom. The first kappa shape index (κ1) is 21.0. The monoisotopic (exact) mass is 445 g/mol. The lowest BCUT2D eigenvalue weighted by atomic mass is 10.1. The van der Waals surface area contributed by atoms with Crippen LogP contribution in [0.1, 0.15) is 16.5 Å². The van der Waals surface area contributed by atoms with E-state index in [9.17, 15) is 0 Å². The molecule has 0 aliphatic carbocycles. The molecule has 3 aromatic heterocycles. The van der Waals surface area contributed by atoms with E-state index < -0.39 is 0 Å². The van der Waals surface area contributed by atoms with Gasteiger partial charge in [0.1, 0.15) is 0 Å². The van der Waals surface area contributed by atoms with Crippen LogP contribution >= 0.6 is 11.3 Å². The van der Waals surface area contributed by atoms with Gasteiger partial charge in [-0.2, -0.15) is 5.10 Å². The quantitative estimate of drug-likeness (QED) is 0.441. The van der Waals surface area contributed by atoms with Gasteiger partial charge in [-0.3, -0.25) is 9.88 Å². The number of rotatable bonds is 8. The average molecular weight is 446 g/mol. The van der Waals surface area contributed by atoms with E-state index in [0.717, 1.165) is 61.9 Å². The molecule has 5 rings (SSSR count). The third kappa shape index (κ3) is 4.81. The fourth-order valence-electron chi connectivity index (χ4n) is 4.12. The highest BCUT2D eigenvalue weighted by molar-refractivity contribution is 7.10. The van der Waals surface area contributed by atoms with E-state index in [-0.39, 0.29) is 0 Å². The maximum absolute atomic E-state index is 5.57. The van der Waals surface area contributed by atoms with E-state index in [2.05, 4.69) is 57.1 Å². The lowest BCUT2D eigenvalue weighted by Gasteiger charge is -2.34. The summed E-state index contributed by atoms with van der Waals surface area (Å²) in [6.45, 7) is 5.16. The van der Waals surface area contributed by atoms with Crippen molar-refractivity contribution in [3.63, 3.8) is 0 Å². The molecule has 0 bridgehead atoms. The number of ether oxygens (including phenoxy) is 1. The Hall–Kier alpha value is -2.84. The van der Waals surface area contributed by atoms with E-state index in [1.54, 1.807) is 6.20 Å². The minimum Gasteiger partial charge on any atom is -0.379 e. The number of hydrogen-bond acceptors (Lipinski definition) is 6. The predicted octanol–water partition coefficient (Wildman–Crippen LogP) is 4.16. The number of morpholine rings is 1. The molecular weight excluding hydrogens is 418 g/mol. The summed E-state index contributed by atoms with van der Waals surface area (Å²) in [5.41, 5.74) is 4.21. The van der Waals surface area contributed by atoms with Gasteiger partial charge in [0.05, 0.1) is 30.6 Å². The summed E-state index contributed by atoms with van der Waals surface area (Å²) in [5.74, 6) is 0. The third-order valence-electron chi connectivity index (χ3n) is 5.76. The molecule has 6 nitrogen and oxygen atoms in total. The maximum Gasteiger partial charge on any atom is 0.0988 e. The van der Waals surface area contributed by atoms with Gasteiger partial charge in [-0.15, -0.1) is 11.3 Å². The van der Waals surface area contributed by atoms with Crippen molar-refractivity contribution in [2.75, 3.05) is 32.8 Å². The Balaban J connectivity index is 1.36. The van der Waals surface area contributed by atoms with Gasteiger partial charge < -0.3 is 10.1 Å². The van der Waals surface area contributed by atoms with Gasteiger partial charge in [-0.25, -0.2) is 4.68 Å². The Morgan fingerprint density at radius 2 is 1.91 bits per heavy atom. The first-order chi connectivity index (χ1) is 15.9. The minimum atomic E-state index is 0.352. The molecule has 1 aromatic carbocycles. The van der Waals surface area contributed by atoms with Crippen LogP contribution in [-0.2, 0) is 11.3 Å². The Morgan fingerprint density at radius 1 is 1.03 bits per heavy atom. The highest BCUT2D eigenvalue weighted by atomic mass is 32.1. The fraction of sp³-hybridized carbons (Fsp3) is 0.280. The van der Waals surface area contributed by atoms with Crippen molar-refractivity contribution in [3.05, 3.63) is 89.0 Å². The molecule has 0 unspecified atom stereocenters. The molecule has 0 saturated carbocycles. The van der Waals surface area contributed by atoms with Crippen molar-refractivity contribution in [1.82, 2.24) is 25.0 Å². The van der Waals surface area contributed by atoms with Crippen molar-refractivity contribution < 1.29 is 4.74 Å². The number of nitrogens with one attached hydrogen (secondary N) is 1. The number of hydrogen-bond donors (Lipinski definition) is 1. The molecule has 1 aliphatic heterocycles. The second-order valence-electron chi connectivity index (χ2n) is 7.84. The topological polar surface area (TPSA) is 55.2 Å². The van der Waals surface area contributed by atoms with Crippen LogP contribution < -0.4 is 5.32 Å². The molecule has 1 N–H and O–H groups in total. The number of para-hydroxylation sites is 1. The molecule has 32 heavy (non-hydrogen) atoms. The van der Waals surface area contributed by atoms with Gasteiger partial charge in [0.15, 0.2) is 0 Å². The van der Waals surface area contributed by atoms with Gasteiger partial charge in [-0.1, -0.05) is 24.3 Å². The zero-order chi connectivity index (χ0) is 21.6. The summed E-state index contributed by atoms with van der Waals surface area (Å²) >= 11 is 1.83. The summed E-state index contributed by atoms with van der Waals surface area (Å²) in [5, 5.41) is 10.8. The van der Waals surface area contributed by atoms with Gasteiger partial charge in [0.2, 0.25) is 0 Å². The van der Waals surface area contributed by atoms with Crippen molar-refractivity contribution >= 4 is 11.3 Å². The van der Waals surface area contributed by atoms with Crippen LogP contribution in [-0.4, -0.2) is 52.5 Å². The zero-order valence-corrected chi connectivity index (χ0v) is 18.7. The average Bonchev–Trinajstić information content (AvgIpc) is 3.54. The number of pyridine rings is 1. The van der Waals surface area contributed by atoms with E-state index >= 15 is 0 Å². The zero-order valence-electron chi connectivity index (χ0n) is 17.9. The van der Waals surface area contributed by atoms with Crippen molar-refractivity contribution in [3.8, 4) is 16.9 Å². The molecule has 0 amide bonds. The number of thiophene rings is 1. The molecule has 1 fully saturated rings. The third-order valence-corrected chi connectivity index (χ3v) is 6.73. The van der Waals surface area contributed by atoms with Crippen LogP contribution in [0.25, 0.3) is 16.9 Å².